The molecule has 0 unspecified atom stereocenters. The largest absolute Gasteiger partial charge is 0.395 e. The summed E-state index contributed by atoms with van der Waals surface area (Å²) < 4.78 is 24.5. The van der Waals surface area contributed by atoms with E-state index >= 15 is 0 Å². The Labute approximate surface area is 111 Å². The summed E-state index contributed by atoms with van der Waals surface area (Å²) in [6.45, 7) is 0.0901. The zero-order valence-electron chi connectivity index (χ0n) is 10.8. The molecule has 0 radical (unpaired) electrons. The molecule has 0 aliphatic rings. The lowest BCUT2D eigenvalue weighted by molar-refractivity contribution is 0.0765. The molecular weight excluding hydrogens is 252 g/mol. The maximum atomic E-state index is 12.3. The molecule has 0 saturated carbocycles. The number of nitrogens with zero attached hydrogens (tertiary/aromatic N) is 1. The lowest BCUT2D eigenvalue weighted by Gasteiger charge is -2.20. The van der Waals surface area contributed by atoms with Gasteiger partial charge in [0.1, 0.15) is 0 Å². The van der Waals surface area contributed by atoms with Gasteiger partial charge in [0.2, 0.25) is 0 Å². The number of rotatable bonds is 9. The predicted octanol–water partition coefficient (Wildman–Crippen LogP) is 2.21. The molecule has 0 aliphatic carbocycles. The van der Waals surface area contributed by atoms with Crippen molar-refractivity contribution in [3.8, 4) is 0 Å². The van der Waals surface area contributed by atoms with Crippen molar-refractivity contribution in [2.45, 2.75) is 19.3 Å². The molecule has 1 aromatic rings. The quantitative estimate of drug-likeness (QED) is 0.700. The number of ketones is 1. The highest BCUT2D eigenvalue weighted by atomic mass is 19.3. The van der Waals surface area contributed by atoms with Crippen molar-refractivity contribution in [3.63, 3.8) is 0 Å². The minimum Gasteiger partial charge on any atom is -0.395 e. The van der Waals surface area contributed by atoms with E-state index in [4.69, 9.17) is 5.11 Å². The van der Waals surface area contributed by atoms with Gasteiger partial charge in [-0.25, -0.2) is 8.78 Å². The normalized spacial score (nSPS) is 11.2. The van der Waals surface area contributed by atoms with Crippen LogP contribution in [-0.2, 0) is 0 Å². The van der Waals surface area contributed by atoms with Crippen LogP contribution in [-0.4, -0.2) is 48.5 Å². The first-order chi connectivity index (χ1) is 9.13. The molecule has 0 bridgehead atoms. The molecule has 0 saturated heterocycles. The summed E-state index contributed by atoms with van der Waals surface area (Å²) in [4.78, 5) is 13.3. The van der Waals surface area contributed by atoms with Crippen LogP contribution in [0.1, 0.15) is 23.2 Å². The molecule has 0 amide bonds. The molecule has 3 nitrogen and oxygen atoms in total. The Hall–Kier alpha value is -1.33. The molecule has 0 aromatic heterocycles. The first-order valence-electron chi connectivity index (χ1n) is 6.33. The summed E-state index contributed by atoms with van der Waals surface area (Å²) in [6.07, 6.45) is -1.58. The average Bonchev–Trinajstić information content (AvgIpc) is 2.39. The number of hydrogen-bond donors (Lipinski definition) is 1. The second-order valence-electron chi connectivity index (χ2n) is 4.31. The summed E-state index contributed by atoms with van der Waals surface area (Å²) >= 11 is 0. The zero-order valence-corrected chi connectivity index (χ0v) is 10.8. The molecular formula is C14H19F2NO2. The van der Waals surface area contributed by atoms with Crippen molar-refractivity contribution in [1.82, 2.24) is 4.90 Å². The smallest absolute Gasteiger partial charge is 0.251 e. The summed E-state index contributed by atoms with van der Waals surface area (Å²) in [7, 11) is 0. The van der Waals surface area contributed by atoms with Crippen LogP contribution in [0.4, 0.5) is 8.78 Å². The molecule has 0 fully saturated rings. The first kappa shape index (κ1) is 15.7. The van der Waals surface area contributed by atoms with Gasteiger partial charge in [-0.2, -0.15) is 0 Å². The Bertz CT molecular complexity index is 371. The number of carbonyl (C=O) groups is 1. The molecule has 1 aromatic carbocycles. The maximum Gasteiger partial charge on any atom is 0.251 e. The van der Waals surface area contributed by atoms with Crippen LogP contribution in [0.5, 0.6) is 0 Å². The Morgan fingerprint density at radius 1 is 1.21 bits per heavy atom. The van der Waals surface area contributed by atoms with Crippen LogP contribution in [0.25, 0.3) is 0 Å². The lowest BCUT2D eigenvalue weighted by Crippen LogP contribution is -2.32. The summed E-state index contributed by atoms with van der Waals surface area (Å²) in [5.41, 5.74) is 0.644. The molecule has 19 heavy (non-hydrogen) atoms. The van der Waals surface area contributed by atoms with E-state index in [1.807, 2.05) is 6.07 Å². The molecule has 0 atom stereocenters. The Balaban J connectivity index is 2.33. The van der Waals surface area contributed by atoms with Gasteiger partial charge in [0.15, 0.2) is 5.78 Å². The van der Waals surface area contributed by atoms with Crippen LogP contribution >= 0.6 is 0 Å². The summed E-state index contributed by atoms with van der Waals surface area (Å²) in [6, 6.07) is 8.91. The number of halogens is 2. The fourth-order valence-corrected chi connectivity index (χ4v) is 1.86. The average molecular weight is 271 g/mol. The molecule has 106 valence electrons. The van der Waals surface area contributed by atoms with Crippen molar-refractivity contribution >= 4 is 5.78 Å². The Morgan fingerprint density at radius 2 is 1.89 bits per heavy atom. The van der Waals surface area contributed by atoms with Gasteiger partial charge in [-0.15, -0.1) is 0 Å². The second-order valence-corrected chi connectivity index (χ2v) is 4.31. The molecule has 1 rings (SSSR count). The van der Waals surface area contributed by atoms with Crippen molar-refractivity contribution in [2.75, 3.05) is 26.2 Å². The SMILES string of the molecule is O=C(CCCN(CCO)CC(F)F)c1ccccc1. The van der Waals surface area contributed by atoms with E-state index in [9.17, 15) is 13.6 Å². The highest BCUT2D eigenvalue weighted by molar-refractivity contribution is 5.95. The monoisotopic (exact) mass is 271 g/mol. The predicted molar refractivity (Wildman–Crippen MR) is 69.5 cm³/mol. The summed E-state index contributed by atoms with van der Waals surface area (Å²) in [5, 5.41) is 8.78. The number of benzene rings is 1. The fourth-order valence-electron chi connectivity index (χ4n) is 1.86. The van der Waals surface area contributed by atoms with Crippen molar-refractivity contribution < 1.29 is 18.7 Å². The van der Waals surface area contributed by atoms with Gasteiger partial charge < -0.3 is 5.11 Å². The van der Waals surface area contributed by atoms with Gasteiger partial charge in [-0.3, -0.25) is 9.69 Å². The minimum atomic E-state index is -2.42. The Kier molecular flexibility index (Phi) is 7.22. The third kappa shape index (κ3) is 6.40. The van der Waals surface area contributed by atoms with Gasteiger partial charge in [0, 0.05) is 18.5 Å². The zero-order chi connectivity index (χ0) is 14.1. The highest BCUT2D eigenvalue weighted by Crippen LogP contribution is 2.07. The Morgan fingerprint density at radius 3 is 2.47 bits per heavy atom. The van der Waals surface area contributed by atoms with Crippen LogP contribution in [0.15, 0.2) is 30.3 Å². The molecule has 1 N–H and O–H groups in total. The van der Waals surface area contributed by atoms with Crippen molar-refractivity contribution in [2.24, 2.45) is 0 Å². The van der Waals surface area contributed by atoms with Crippen molar-refractivity contribution in [1.29, 1.82) is 0 Å². The van der Waals surface area contributed by atoms with E-state index in [0.29, 0.717) is 24.9 Å². The fraction of sp³-hybridized carbons (Fsp3) is 0.500. The van der Waals surface area contributed by atoms with Crippen LogP contribution < -0.4 is 0 Å². The molecule has 0 heterocycles. The molecule has 0 aliphatic heterocycles. The van der Waals surface area contributed by atoms with E-state index in [1.165, 1.54) is 4.90 Å². The highest BCUT2D eigenvalue weighted by Gasteiger charge is 2.12. The first-order valence-corrected chi connectivity index (χ1v) is 6.33. The van der Waals surface area contributed by atoms with Crippen molar-refractivity contribution in [3.05, 3.63) is 35.9 Å². The summed E-state index contributed by atoms with van der Waals surface area (Å²) in [5.74, 6) is 0.0154. The van der Waals surface area contributed by atoms with E-state index in [0.717, 1.165) is 0 Å². The van der Waals surface area contributed by atoms with Gasteiger partial charge in [-0.05, 0) is 13.0 Å². The number of aliphatic hydroxyl groups is 1. The van der Waals surface area contributed by atoms with Crippen LogP contribution in [0.2, 0.25) is 0 Å². The van der Waals surface area contributed by atoms with E-state index in [2.05, 4.69) is 0 Å². The third-order valence-corrected chi connectivity index (χ3v) is 2.79. The van der Waals surface area contributed by atoms with Gasteiger partial charge >= 0.3 is 0 Å². The number of hydrogen-bond acceptors (Lipinski definition) is 3. The van der Waals surface area contributed by atoms with Gasteiger partial charge in [-0.1, -0.05) is 30.3 Å². The number of carbonyl (C=O) groups excluding carboxylic acids is 1. The second kappa shape index (κ2) is 8.72. The minimum absolute atomic E-state index is 0.0154. The number of Topliss-reactive ketones (excluding diaryl/α,β-unsaturated/α-hetero) is 1. The lowest BCUT2D eigenvalue weighted by atomic mass is 10.1. The van der Waals surface area contributed by atoms with Gasteiger partial charge in [0.25, 0.3) is 6.43 Å². The van der Waals surface area contributed by atoms with E-state index < -0.39 is 6.43 Å². The number of aliphatic hydroxyl groups excluding tert-OH is 1. The van der Waals surface area contributed by atoms with E-state index in [1.54, 1.807) is 24.3 Å². The van der Waals surface area contributed by atoms with Crippen LogP contribution in [0, 0.1) is 0 Å². The number of alkyl halides is 2. The topological polar surface area (TPSA) is 40.5 Å². The van der Waals surface area contributed by atoms with Gasteiger partial charge in [0.05, 0.1) is 13.2 Å². The molecule has 0 spiro atoms. The third-order valence-electron chi connectivity index (χ3n) is 2.79. The van der Waals surface area contributed by atoms with Crippen LogP contribution in [0.3, 0.4) is 0 Å². The standard InChI is InChI=1S/C14H19F2NO2/c15-14(16)11-17(9-10-18)8-4-7-13(19)12-5-2-1-3-6-12/h1-3,5-6,14,18H,4,7-11H2. The van der Waals surface area contributed by atoms with E-state index in [-0.39, 0.29) is 25.5 Å². The maximum absolute atomic E-state index is 12.3. The molecule has 5 heteroatoms.